The summed E-state index contributed by atoms with van der Waals surface area (Å²) < 4.78 is 13.8. The molecule has 3 N–H and O–H groups in total. The van der Waals surface area contributed by atoms with E-state index in [1.54, 1.807) is 17.5 Å². The van der Waals surface area contributed by atoms with E-state index in [4.69, 9.17) is 10.8 Å². The first kappa shape index (κ1) is 13.3. The van der Waals surface area contributed by atoms with Gasteiger partial charge in [-0.1, -0.05) is 0 Å². The van der Waals surface area contributed by atoms with Crippen LogP contribution in [-0.4, -0.2) is 23.1 Å². The number of halogens is 1. The van der Waals surface area contributed by atoms with Gasteiger partial charge in [0.2, 0.25) is 0 Å². The summed E-state index contributed by atoms with van der Waals surface area (Å²) in [5.41, 5.74) is 7.94. The maximum absolute atomic E-state index is 13.8. The van der Waals surface area contributed by atoms with Crippen molar-refractivity contribution in [1.82, 2.24) is 4.98 Å². The third-order valence-corrected chi connectivity index (χ3v) is 3.28. The van der Waals surface area contributed by atoms with Gasteiger partial charge < -0.3 is 15.7 Å². The van der Waals surface area contributed by atoms with Crippen molar-refractivity contribution in [1.29, 1.82) is 0 Å². The van der Waals surface area contributed by atoms with E-state index in [0.717, 1.165) is 11.8 Å². The van der Waals surface area contributed by atoms with Gasteiger partial charge in [0, 0.05) is 18.1 Å². The Bertz CT molecular complexity index is 601. The lowest BCUT2D eigenvalue weighted by atomic mass is 10.1. The van der Waals surface area contributed by atoms with E-state index in [0.29, 0.717) is 6.54 Å². The van der Waals surface area contributed by atoms with Gasteiger partial charge in [0.05, 0.1) is 29.0 Å². The zero-order valence-corrected chi connectivity index (χ0v) is 10.9. The first-order valence-corrected chi connectivity index (χ1v) is 6.34. The second-order valence-corrected chi connectivity index (χ2v) is 4.75. The number of thiazole rings is 1. The van der Waals surface area contributed by atoms with Crippen LogP contribution in [0.1, 0.15) is 16.1 Å². The fourth-order valence-electron chi connectivity index (χ4n) is 1.70. The highest BCUT2D eigenvalue weighted by Crippen LogP contribution is 2.26. The molecule has 2 rings (SSSR count). The van der Waals surface area contributed by atoms with Crippen LogP contribution < -0.4 is 10.6 Å². The fourth-order valence-corrected chi connectivity index (χ4v) is 2.25. The van der Waals surface area contributed by atoms with Crippen molar-refractivity contribution < 1.29 is 14.3 Å². The van der Waals surface area contributed by atoms with Gasteiger partial charge in [-0.3, -0.25) is 0 Å². The summed E-state index contributed by atoms with van der Waals surface area (Å²) in [7, 11) is 1.67. The van der Waals surface area contributed by atoms with E-state index in [2.05, 4.69) is 4.98 Å². The number of anilines is 2. The number of rotatable bonds is 4. The molecule has 7 heteroatoms. The zero-order valence-electron chi connectivity index (χ0n) is 10.1. The first-order chi connectivity index (χ1) is 8.99. The third-order valence-electron chi connectivity index (χ3n) is 2.64. The number of aromatic nitrogens is 1. The second-order valence-electron chi connectivity index (χ2n) is 4.03. The van der Waals surface area contributed by atoms with Crippen LogP contribution in [0, 0.1) is 5.82 Å². The van der Waals surface area contributed by atoms with E-state index in [9.17, 15) is 9.18 Å². The summed E-state index contributed by atoms with van der Waals surface area (Å²) >= 11 is 1.45. The van der Waals surface area contributed by atoms with Crippen LogP contribution in [-0.2, 0) is 6.54 Å². The van der Waals surface area contributed by atoms with Crippen LogP contribution in [0.25, 0.3) is 0 Å². The maximum atomic E-state index is 13.8. The summed E-state index contributed by atoms with van der Waals surface area (Å²) in [5.74, 6) is -1.74. The minimum atomic E-state index is -1.18. The molecule has 0 aliphatic rings. The van der Waals surface area contributed by atoms with Crippen molar-refractivity contribution in [3.05, 3.63) is 40.1 Å². The Hall–Kier alpha value is -2.15. The summed E-state index contributed by atoms with van der Waals surface area (Å²) in [6, 6.07) is 2.26. The Balaban J connectivity index is 2.33. The highest BCUT2D eigenvalue weighted by molar-refractivity contribution is 7.07. The van der Waals surface area contributed by atoms with E-state index < -0.39 is 11.8 Å². The number of carboxylic acid groups (broad SMARTS) is 1. The Kier molecular flexibility index (Phi) is 3.66. The maximum Gasteiger partial charge on any atom is 0.337 e. The first-order valence-electron chi connectivity index (χ1n) is 5.39. The van der Waals surface area contributed by atoms with Gasteiger partial charge in [-0.15, -0.1) is 11.3 Å². The smallest absolute Gasteiger partial charge is 0.337 e. The third kappa shape index (κ3) is 2.82. The molecule has 100 valence electrons. The van der Waals surface area contributed by atoms with E-state index in [1.165, 1.54) is 17.4 Å². The van der Waals surface area contributed by atoms with Crippen LogP contribution in [0.2, 0.25) is 0 Å². The van der Waals surface area contributed by atoms with Crippen molar-refractivity contribution >= 4 is 28.7 Å². The molecule has 5 nitrogen and oxygen atoms in total. The minimum Gasteiger partial charge on any atom is -0.478 e. The van der Waals surface area contributed by atoms with E-state index in [1.807, 2.05) is 5.38 Å². The number of nitrogens with zero attached hydrogens (tertiary/aromatic N) is 2. The van der Waals surface area contributed by atoms with Gasteiger partial charge in [-0.2, -0.15) is 0 Å². The number of benzene rings is 1. The van der Waals surface area contributed by atoms with Gasteiger partial charge in [-0.25, -0.2) is 14.2 Å². The quantitative estimate of drug-likeness (QED) is 0.840. The molecule has 0 aliphatic carbocycles. The summed E-state index contributed by atoms with van der Waals surface area (Å²) in [6.07, 6.45) is 0. The monoisotopic (exact) mass is 281 g/mol. The molecule has 2 aromatic rings. The van der Waals surface area contributed by atoms with E-state index >= 15 is 0 Å². The lowest BCUT2D eigenvalue weighted by Crippen LogP contribution is -2.19. The summed E-state index contributed by atoms with van der Waals surface area (Å²) in [5, 5.41) is 10.8. The normalized spacial score (nSPS) is 10.4. The topological polar surface area (TPSA) is 79.5 Å². The zero-order chi connectivity index (χ0) is 14.0. The standard InChI is InChI=1S/C12H12FN3O2S/c1-16(4-7-5-19-6-15-7)11-2-8(12(17)18)10(14)3-9(11)13/h2-3,5-6H,4,14H2,1H3,(H,17,18). The molecule has 0 saturated carbocycles. The van der Waals surface area contributed by atoms with Gasteiger partial charge in [-0.05, 0) is 12.1 Å². The number of nitrogens with two attached hydrogens (primary N) is 1. The van der Waals surface area contributed by atoms with Crippen molar-refractivity contribution in [2.24, 2.45) is 0 Å². The summed E-state index contributed by atoms with van der Waals surface area (Å²) in [6.45, 7) is 0.392. The molecular weight excluding hydrogens is 269 g/mol. The Morgan fingerprint density at radius 2 is 2.32 bits per heavy atom. The Morgan fingerprint density at radius 3 is 2.89 bits per heavy atom. The molecule has 0 radical (unpaired) electrons. The van der Waals surface area contributed by atoms with Crippen LogP contribution in [0.4, 0.5) is 15.8 Å². The van der Waals surface area contributed by atoms with Gasteiger partial charge in [0.15, 0.2) is 0 Å². The average Bonchev–Trinajstić information content (AvgIpc) is 2.81. The highest BCUT2D eigenvalue weighted by Gasteiger charge is 2.16. The van der Waals surface area contributed by atoms with Gasteiger partial charge in [0.1, 0.15) is 5.82 Å². The molecular formula is C12H12FN3O2S. The number of hydrogen-bond acceptors (Lipinski definition) is 5. The molecule has 0 bridgehead atoms. The number of aromatic carboxylic acids is 1. The Morgan fingerprint density at radius 1 is 1.58 bits per heavy atom. The van der Waals surface area contributed by atoms with E-state index in [-0.39, 0.29) is 16.9 Å². The molecule has 1 heterocycles. The summed E-state index contributed by atoms with van der Waals surface area (Å²) in [4.78, 5) is 16.7. The molecule has 1 aromatic carbocycles. The second kappa shape index (κ2) is 5.23. The van der Waals surface area contributed by atoms with Gasteiger partial charge in [0.25, 0.3) is 0 Å². The molecule has 1 aromatic heterocycles. The molecule has 0 atom stereocenters. The molecule has 19 heavy (non-hydrogen) atoms. The number of nitrogen functional groups attached to an aromatic ring is 1. The van der Waals surface area contributed by atoms with Crippen molar-refractivity contribution in [2.75, 3.05) is 17.7 Å². The lowest BCUT2D eigenvalue weighted by molar-refractivity contribution is 0.0698. The fraction of sp³-hybridized carbons (Fsp3) is 0.167. The van der Waals surface area contributed by atoms with Crippen molar-refractivity contribution in [2.45, 2.75) is 6.54 Å². The number of carboxylic acids is 1. The molecule has 0 spiro atoms. The highest BCUT2D eigenvalue weighted by atomic mass is 32.1. The number of carbonyl (C=O) groups is 1. The van der Waals surface area contributed by atoms with Crippen LogP contribution in [0.3, 0.4) is 0 Å². The average molecular weight is 281 g/mol. The molecule has 0 unspecified atom stereocenters. The van der Waals surface area contributed by atoms with Crippen LogP contribution in [0.5, 0.6) is 0 Å². The molecule has 0 fully saturated rings. The van der Waals surface area contributed by atoms with Crippen LogP contribution in [0.15, 0.2) is 23.0 Å². The molecule has 0 saturated heterocycles. The SMILES string of the molecule is CN(Cc1cscn1)c1cc(C(=O)O)c(N)cc1F. The largest absolute Gasteiger partial charge is 0.478 e. The van der Waals surface area contributed by atoms with Gasteiger partial charge >= 0.3 is 5.97 Å². The molecule has 0 aliphatic heterocycles. The van der Waals surface area contributed by atoms with Crippen molar-refractivity contribution in [3.8, 4) is 0 Å². The lowest BCUT2D eigenvalue weighted by Gasteiger charge is -2.19. The minimum absolute atomic E-state index is 0.0872. The predicted octanol–water partition coefficient (Wildman–Crippen LogP) is 2.20. The number of hydrogen-bond donors (Lipinski definition) is 2. The molecule has 0 amide bonds. The Labute approximate surface area is 113 Å². The van der Waals surface area contributed by atoms with Crippen LogP contribution >= 0.6 is 11.3 Å². The predicted molar refractivity (Wildman–Crippen MR) is 72.0 cm³/mol. The van der Waals surface area contributed by atoms with Crippen molar-refractivity contribution in [3.63, 3.8) is 0 Å².